The standard InChI is InChI=1S/C17H26BrNO2/c1-4-7-19-17(13-5-8-21-9-6-13)14-11-15(18)12(2)10-16(14)20-3/h10-11,13,17,19H,4-9H2,1-3H3. The molecule has 1 fully saturated rings. The third-order valence-corrected chi connectivity index (χ3v) is 5.05. The van der Waals surface area contributed by atoms with E-state index in [0.717, 1.165) is 49.2 Å². The molecular weight excluding hydrogens is 330 g/mol. The van der Waals surface area contributed by atoms with E-state index in [1.165, 1.54) is 11.1 Å². The molecule has 2 rings (SSSR count). The summed E-state index contributed by atoms with van der Waals surface area (Å²) in [6.07, 6.45) is 3.35. The zero-order valence-electron chi connectivity index (χ0n) is 13.2. The number of aryl methyl sites for hydroxylation is 1. The highest BCUT2D eigenvalue weighted by atomic mass is 79.9. The fourth-order valence-electron chi connectivity index (χ4n) is 2.97. The molecule has 4 heteroatoms. The van der Waals surface area contributed by atoms with Crippen LogP contribution in [0.4, 0.5) is 0 Å². The van der Waals surface area contributed by atoms with Crippen LogP contribution in [0, 0.1) is 12.8 Å². The zero-order chi connectivity index (χ0) is 15.2. The summed E-state index contributed by atoms with van der Waals surface area (Å²) in [5.74, 6) is 1.59. The van der Waals surface area contributed by atoms with Crippen molar-refractivity contribution in [1.82, 2.24) is 5.32 Å². The molecule has 1 heterocycles. The molecular formula is C17H26BrNO2. The summed E-state index contributed by atoms with van der Waals surface area (Å²) in [5, 5.41) is 3.72. The number of nitrogens with one attached hydrogen (secondary N) is 1. The van der Waals surface area contributed by atoms with Crippen LogP contribution in [0.25, 0.3) is 0 Å². The zero-order valence-corrected chi connectivity index (χ0v) is 14.8. The first-order valence-electron chi connectivity index (χ1n) is 7.82. The van der Waals surface area contributed by atoms with Crippen molar-refractivity contribution < 1.29 is 9.47 Å². The molecule has 1 N–H and O–H groups in total. The summed E-state index contributed by atoms with van der Waals surface area (Å²) in [5.41, 5.74) is 2.46. The molecule has 3 nitrogen and oxygen atoms in total. The van der Waals surface area contributed by atoms with Gasteiger partial charge in [0.25, 0.3) is 0 Å². The van der Waals surface area contributed by atoms with Crippen LogP contribution in [0.1, 0.15) is 43.4 Å². The Bertz CT molecular complexity index is 458. The Morgan fingerprint density at radius 1 is 1.38 bits per heavy atom. The van der Waals surface area contributed by atoms with Gasteiger partial charge in [0.2, 0.25) is 0 Å². The van der Waals surface area contributed by atoms with Gasteiger partial charge in [0.05, 0.1) is 7.11 Å². The van der Waals surface area contributed by atoms with E-state index in [4.69, 9.17) is 9.47 Å². The van der Waals surface area contributed by atoms with Gasteiger partial charge in [0, 0.05) is 29.3 Å². The number of benzene rings is 1. The van der Waals surface area contributed by atoms with Crippen molar-refractivity contribution in [3.05, 3.63) is 27.7 Å². The van der Waals surface area contributed by atoms with Crippen LogP contribution in [0.15, 0.2) is 16.6 Å². The predicted octanol–water partition coefficient (Wildman–Crippen LogP) is 4.23. The Hall–Kier alpha value is -0.580. The second-order valence-corrected chi connectivity index (χ2v) is 6.58. The van der Waals surface area contributed by atoms with Gasteiger partial charge in [0.1, 0.15) is 5.75 Å². The van der Waals surface area contributed by atoms with Gasteiger partial charge in [-0.05, 0) is 56.3 Å². The van der Waals surface area contributed by atoms with Crippen molar-refractivity contribution in [3.8, 4) is 5.75 Å². The number of rotatable bonds is 6. The van der Waals surface area contributed by atoms with E-state index >= 15 is 0 Å². The lowest BCUT2D eigenvalue weighted by Gasteiger charge is -2.32. The fourth-order valence-corrected chi connectivity index (χ4v) is 3.33. The molecule has 1 atom stereocenters. The SMILES string of the molecule is CCCNC(c1cc(Br)c(C)cc1OC)C1CCOCC1. The Balaban J connectivity index is 2.32. The number of hydrogen-bond acceptors (Lipinski definition) is 3. The van der Waals surface area contributed by atoms with E-state index in [0.29, 0.717) is 12.0 Å². The van der Waals surface area contributed by atoms with Gasteiger partial charge in [-0.25, -0.2) is 0 Å². The number of hydrogen-bond donors (Lipinski definition) is 1. The molecule has 1 aromatic rings. The first-order chi connectivity index (χ1) is 10.2. The van der Waals surface area contributed by atoms with Crippen LogP contribution in [0.5, 0.6) is 5.75 Å². The van der Waals surface area contributed by atoms with Crippen LogP contribution in [0.2, 0.25) is 0 Å². The summed E-state index contributed by atoms with van der Waals surface area (Å²) in [6, 6.07) is 4.68. The molecule has 0 aromatic heterocycles. The number of ether oxygens (including phenoxy) is 2. The topological polar surface area (TPSA) is 30.5 Å². The van der Waals surface area contributed by atoms with Crippen LogP contribution in [-0.2, 0) is 4.74 Å². The first-order valence-corrected chi connectivity index (χ1v) is 8.61. The van der Waals surface area contributed by atoms with Crippen molar-refractivity contribution in [1.29, 1.82) is 0 Å². The molecule has 0 spiro atoms. The van der Waals surface area contributed by atoms with E-state index in [1.807, 2.05) is 0 Å². The quantitative estimate of drug-likeness (QED) is 0.827. The van der Waals surface area contributed by atoms with Gasteiger partial charge >= 0.3 is 0 Å². The van der Waals surface area contributed by atoms with Crippen LogP contribution in [-0.4, -0.2) is 26.9 Å². The molecule has 0 radical (unpaired) electrons. The van der Waals surface area contributed by atoms with E-state index < -0.39 is 0 Å². The number of methoxy groups -OCH3 is 1. The summed E-state index contributed by atoms with van der Waals surface area (Å²) >= 11 is 3.66. The van der Waals surface area contributed by atoms with Gasteiger partial charge in [-0.15, -0.1) is 0 Å². The molecule has 1 aliphatic heterocycles. The maximum Gasteiger partial charge on any atom is 0.123 e. The van der Waals surface area contributed by atoms with Gasteiger partial charge in [0.15, 0.2) is 0 Å². The lowest BCUT2D eigenvalue weighted by atomic mass is 9.86. The van der Waals surface area contributed by atoms with Crippen molar-refractivity contribution in [2.45, 2.75) is 39.2 Å². The lowest BCUT2D eigenvalue weighted by Crippen LogP contribution is -2.33. The minimum Gasteiger partial charge on any atom is -0.496 e. The molecule has 118 valence electrons. The van der Waals surface area contributed by atoms with Crippen molar-refractivity contribution in [2.24, 2.45) is 5.92 Å². The van der Waals surface area contributed by atoms with Crippen molar-refractivity contribution in [3.63, 3.8) is 0 Å². The van der Waals surface area contributed by atoms with E-state index in [9.17, 15) is 0 Å². The second-order valence-electron chi connectivity index (χ2n) is 5.72. The molecule has 1 unspecified atom stereocenters. The van der Waals surface area contributed by atoms with Crippen LogP contribution in [0.3, 0.4) is 0 Å². The molecule has 0 saturated carbocycles. The molecule has 1 aromatic carbocycles. The average Bonchev–Trinajstić information content (AvgIpc) is 2.51. The molecule has 0 bridgehead atoms. The summed E-state index contributed by atoms with van der Waals surface area (Å²) in [7, 11) is 1.76. The Morgan fingerprint density at radius 2 is 2.10 bits per heavy atom. The third-order valence-electron chi connectivity index (χ3n) is 4.20. The Kier molecular flexibility index (Phi) is 6.52. The van der Waals surface area contributed by atoms with Gasteiger partial charge < -0.3 is 14.8 Å². The van der Waals surface area contributed by atoms with Crippen LogP contribution >= 0.6 is 15.9 Å². The van der Waals surface area contributed by atoms with E-state index in [2.05, 4.69) is 47.2 Å². The van der Waals surface area contributed by atoms with Gasteiger partial charge in [-0.2, -0.15) is 0 Å². The molecule has 1 aliphatic rings. The third kappa shape index (κ3) is 4.21. The highest BCUT2D eigenvalue weighted by molar-refractivity contribution is 9.10. The van der Waals surface area contributed by atoms with Crippen molar-refractivity contribution >= 4 is 15.9 Å². The minimum absolute atomic E-state index is 0.334. The normalized spacial score (nSPS) is 17.7. The fraction of sp³-hybridized carbons (Fsp3) is 0.647. The van der Waals surface area contributed by atoms with E-state index in [-0.39, 0.29) is 0 Å². The predicted molar refractivity (Wildman–Crippen MR) is 90.0 cm³/mol. The summed E-state index contributed by atoms with van der Waals surface area (Å²) in [6.45, 7) is 7.06. The maximum absolute atomic E-state index is 5.64. The highest BCUT2D eigenvalue weighted by Crippen LogP contribution is 2.37. The smallest absolute Gasteiger partial charge is 0.123 e. The summed E-state index contributed by atoms with van der Waals surface area (Å²) in [4.78, 5) is 0. The second kappa shape index (κ2) is 8.16. The first kappa shape index (κ1) is 16.8. The molecule has 0 amide bonds. The average molecular weight is 356 g/mol. The Labute approximate surface area is 136 Å². The van der Waals surface area contributed by atoms with Crippen molar-refractivity contribution in [2.75, 3.05) is 26.9 Å². The monoisotopic (exact) mass is 355 g/mol. The minimum atomic E-state index is 0.334. The molecule has 21 heavy (non-hydrogen) atoms. The molecule has 0 aliphatic carbocycles. The summed E-state index contributed by atoms with van der Waals surface area (Å²) < 4.78 is 12.3. The van der Waals surface area contributed by atoms with E-state index in [1.54, 1.807) is 7.11 Å². The maximum atomic E-state index is 5.64. The number of halogens is 1. The Morgan fingerprint density at radius 3 is 2.71 bits per heavy atom. The lowest BCUT2D eigenvalue weighted by molar-refractivity contribution is 0.0533. The highest BCUT2D eigenvalue weighted by Gasteiger charge is 2.27. The molecule has 1 saturated heterocycles. The van der Waals surface area contributed by atoms with Crippen LogP contribution < -0.4 is 10.1 Å². The van der Waals surface area contributed by atoms with Gasteiger partial charge in [-0.3, -0.25) is 0 Å². The van der Waals surface area contributed by atoms with Gasteiger partial charge in [-0.1, -0.05) is 22.9 Å². The largest absolute Gasteiger partial charge is 0.496 e.